The molecule has 0 saturated heterocycles. The lowest BCUT2D eigenvalue weighted by Crippen LogP contribution is -2.04. The van der Waals surface area contributed by atoms with Crippen molar-refractivity contribution in [1.29, 1.82) is 0 Å². The van der Waals surface area contributed by atoms with Crippen LogP contribution in [0.4, 0.5) is 10.1 Å². The molecule has 0 amide bonds. The third kappa shape index (κ3) is 3.71. The lowest BCUT2D eigenvalue weighted by atomic mass is 9.94. The highest BCUT2D eigenvalue weighted by Crippen LogP contribution is 2.35. The van der Waals surface area contributed by atoms with Crippen LogP contribution in [-0.4, -0.2) is 31.2 Å². The van der Waals surface area contributed by atoms with Crippen LogP contribution in [0, 0.1) is 5.82 Å². The van der Waals surface area contributed by atoms with Crippen LogP contribution in [0.3, 0.4) is 0 Å². The number of nitrogens with one attached hydrogen (secondary N) is 1. The fourth-order valence-corrected chi connectivity index (χ4v) is 4.45. The number of H-pyrrole nitrogens is 1. The molecular formula is C26H21FN6. The van der Waals surface area contributed by atoms with Gasteiger partial charge in [-0.2, -0.15) is 10.2 Å². The fourth-order valence-electron chi connectivity index (χ4n) is 4.45. The van der Waals surface area contributed by atoms with Gasteiger partial charge in [0.05, 0.1) is 24.0 Å². The summed E-state index contributed by atoms with van der Waals surface area (Å²) in [5.41, 5.74) is 6.95. The van der Waals surface area contributed by atoms with E-state index in [0.717, 1.165) is 51.8 Å². The predicted molar refractivity (Wildman–Crippen MR) is 126 cm³/mol. The van der Waals surface area contributed by atoms with E-state index in [1.54, 1.807) is 18.5 Å². The zero-order valence-electron chi connectivity index (χ0n) is 17.8. The van der Waals surface area contributed by atoms with Crippen LogP contribution in [0.1, 0.15) is 29.0 Å². The first-order chi connectivity index (χ1) is 16.2. The van der Waals surface area contributed by atoms with Gasteiger partial charge >= 0.3 is 0 Å². The number of nitrogens with zero attached hydrogens (tertiary/aromatic N) is 5. The maximum Gasteiger partial charge on any atom is 0.149 e. The van der Waals surface area contributed by atoms with Crippen molar-refractivity contribution in [2.75, 3.05) is 0 Å². The highest BCUT2D eigenvalue weighted by Gasteiger charge is 2.20. The Bertz CT molecular complexity index is 1470. The van der Waals surface area contributed by atoms with Gasteiger partial charge in [0, 0.05) is 30.1 Å². The van der Waals surface area contributed by atoms with Crippen LogP contribution < -0.4 is 0 Å². The number of pyridine rings is 1. The Kier molecular flexibility index (Phi) is 4.79. The number of hydrogen-bond acceptors (Lipinski definition) is 4. The zero-order valence-corrected chi connectivity index (χ0v) is 17.8. The molecule has 0 saturated carbocycles. The van der Waals surface area contributed by atoms with E-state index in [0.29, 0.717) is 12.2 Å². The first-order valence-electron chi connectivity index (χ1n) is 11.0. The number of fused-ring (bicyclic) bond motifs is 2. The lowest BCUT2D eigenvalue weighted by Gasteiger charge is -2.12. The van der Waals surface area contributed by atoms with Crippen molar-refractivity contribution in [1.82, 2.24) is 25.0 Å². The maximum absolute atomic E-state index is 15.2. The van der Waals surface area contributed by atoms with E-state index >= 15 is 4.39 Å². The highest BCUT2D eigenvalue weighted by molar-refractivity contribution is 5.79. The van der Waals surface area contributed by atoms with Crippen LogP contribution in [0.2, 0.25) is 0 Å². The Morgan fingerprint density at radius 2 is 1.97 bits per heavy atom. The molecule has 0 fully saturated rings. The van der Waals surface area contributed by atoms with Gasteiger partial charge in [-0.1, -0.05) is 30.3 Å². The van der Waals surface area contributed by atoms with Gasteiger partial charge in [0.1, 0.15) is 17.0 Å². The van der Waals surface area contributed by atoms with Gasteiger partial charge in [-0.3, -0.25) is 19.8 Å². The number of rotatable bonds is 4. The third-order valence-electron chi connectivity index (χ3n) is 6.18. The van der Waals surface area contributed by atoms with Crippen LogP contribution in [0.5, 0.6) is 0 Å². The molecule has 6 rings (SSSR count). The number of aryl methyl sites for hydroxylation is 1. The summed E-state index contributed by atoms with van der Waals surface area (Å²) in [5.74, 6) is -0.252. The Labute approximate surface area is 189 Å². The van der Waals surface area contributed by atoms with E-state index in [4.69, 9.17) is 0 Å². The monoisotopic (exact) mass is 436 g/mol. The largest absolute Gasteiger partial charge is 0.276 e. The molecule has 33 heavy (non-hydrogen) atoms. The van der Waals surface area contributed by atoms with Crippen molar-refractivity contribution in [3.63, 3.8) is 0 Å². The van der Waals surface area contributed by atoms with Gasteiger partial charge < -0.3 is 0 Å². The van der Waals surface area contributed by atoms with Crippen molar-refractivity contribution in [3.05, 3.63) is 95.7 Å². The molecule has 1 atom stereocenters. The Morgan fingerprint density at radius 3 is 2.88 bits per heavy atom. The SMILES string of the molecule is Fc1cc(-c2ccnn2Cc2ccccc2)cc2c1N=CC(c1cnc3cn[nH]c3c1)CC2. The molecule has 5 aromatic rings. The summed E-state index contributed by atoms with van der Waals surface area (Å²) >= 11 is 0. The van der Waals surface area contributed by atoms with E-state index in [-0.39, 0.29) is 11.7 Å². The first-order valence-corrected chi connectivity index (χ1v) is 11.0. The zero-order chi connectivity index (χ0) is 22.2. The normalized spacial score (nSPS) is 15.5. The molecule has 0 spiro atoms. The second kappa shape index (κ2) is 8.09. The van der Waals surface area contributed by atoms with Crippen molar-refractivity contribution < 1.29 is 4.39 Å². The molecule has 4 heterocycles. The summed E-state index contributed by atoms with van der Waals surface area (Å²) in [4.78, 5) is 9.01. The van der Waals surface area contributed by atoms with Crippen molar-refractivity contribution in [2.45, 2.75) is 25.3 Å². The van der Waals surface area contributed by atoms with Crippen LogP contribution in [0.15, 0.2) is 78.2 Å². The average Bonchev–Trinajstić information content (AvgIpc) is 3.44. The van der Waals surface area contributed by atoms with Gasteiger partial charge in [-0.15, -0.1) is 0 Å². The van der Waals surface area contributed by atoms with Crippen molar-refractivity contribution in [2.24, 2.45) is 4.99 Å². The maximum atomic E-state index is 15.2. The van der Waals surface area contributed by atoms with Gasteiger partial charge in [0.15, 0.2) is 0 Å². The van der Waals surface area contributed by atoms with E-state index < -0.39 is 0 Å². The molecule has 162 valence electrons. The molecule has 2 aromatic carbocycles. The minimum atomic E-state index is -0.311. The number of benzene rings is 2. The summed E-state index contributed by atoms with van der Waals surface area (Å²) in [6.07, 6.45) is 8.70. The van der Waals surface area contributed by atoms with Crippen LogP contribution in [-0.2, 0) is 13.0 Å². The van der Waals surface area contributed by atoms with Crippen molar-refractivity contribution >= 4 is 22.9 Å². The van der Waals surface area contributed by atoms with Crippen molar-refractivity contribution in [3.8, 4) is 11.3 Å². The molecule has 0 bridgehead atoms. The summed E-state index contributed by atoms with van der Waals surface area (Å²) < 4.78 is 17.1. The number of hydrogen-bond donors (Lipinski definition) is 1. The van der Waals surface area contributed by atoms with E-state index in [1.807, 2.05) is 53.5 Å². The third-order valence-corrected chi connectivity index (χ3v) is 6.18. The van der Waals surface area contributed by atoms with E-state index in [2.05, 4.69) is 37.4 Å². The molecule has 1 aliphatic rings. The van der Waals surface area contributed by atoms with Crippen LogP contribution >= 0.6 is 0 Å². The number of aromatic nitrogens is 5. The molecule has 0 aliphatic carbocycles. The molecule has 7 heteroatoms. The summed E-state index contributed by atoms with van der Waals surface area (Å²) in [6, 6.07) is 17.7. The molecular weight excluding hydrogens is 415 g/mol. The molecule has 0 radical (unpaired) electrons. The summed E-state index contributed by atoms with van der Waals surface area (Å²) in [7, 11) is 0. The Balaban J connectivity index is 1.30. The van der Waals surface area contributed by atoms with Gasteiger partial charge in [0.25, 0.3) is 0 Å². The van der Waals surface area contributed by atoms with Crippen LogP contribution in [0.25, 0.3) is 22.3 Å². The molecule has 6 nitrogen and oxygen atoms in total. The Hall–Kier alpha value is -4.13. The average molecular weight is 436 g/mol. The van der Waals surface area contributed by atoms with E-state index in [9.17, 15) is 0 Å². The predicted octanol–water partition coefficient (Wildman–Crippen LogP) is 5.44. The lowest BCUT2D eigenvalue weighted by molar-refractivity contribution is 0.627. The summed E-state index contributed by atoms with van der Waals surface area (Å²) in [6.45, 7) is 0.630. The molecule has 1 N–H and O–H groups in total. The summed E-state index contributed by atoms with van der Waals surface area (Å²) in [5, 5.41) is 11.5. The number of aromatic amines is 1. The topological polar surface area (TPSA) is 71.8 Å². The Morgan fingerprint density at radius 1 is 1.06 bits per heavy atom. The minimum Gasteiger partial charge on any atom is -0.276 e. The minimum absolute atomic E-state index is 0.0593. The van der Waals surface area contributed by atoms with Gasteiger partial charge in [0.2, 0.25) is 0 Å². The fraction of sp³-hybridized carbons (Fsp3) is 0.154. The second-order valence-corrected chi connectivity index (χ2v) is 8.32. The molecule has 3 aromatic heterocycles. The van der Waals surface area contributed by atoms with Gasteiger partial charge in [-0.25, -0.2) is 4.39 Å². The quantitative estimate of drug-likeness (QED) is 0.408. The first kappa shape index (κ1) is 19.5. The smallest absolute Gasteiger partial charge is 0.149 e. The molecule has 1 aliphatic heterocycles. The number of aliphatic imine (C=N–C) groups is 1. The number of halogens is 1. The van der Waals surface area contributed by atoms with Gasteiger partial charge in [-0.05, 0) is 53.8 Å². The second-order valence-electron chi connectivity index (χ2n) is 8.32. The standard InChI is InChI=1S/C26H21FN6/c27-22-11-20(25-8-9-31-33(25)16-17-4-2-1-3-5-17)10-18-6-7-19(13-29-26(18)22)21-12-23-24(28-14-21)15-30-32-23/h1-5,8-15,19H,6-7,16H2,(H,30,32). The highest BCUT2D eigenvalue weighted by atomic mass is 19.1. The molecule has 1 unspecified atom stereocenters. The van der Waals surface area contributed by atoms with E-state index in [1.165, 1.54) is 0 Å².